The Morgan fingerprint density at radius 2 is 1.93 bits per heavy atom. The number of allylic oxidation sites excluding steroid dienone is 2. The van der Waals surface area contributed by atoms with Gasteiger partial charge in [0.05, 0.1) is 0 Å². The number of hydrogen-bond acceptors (Lipinski definition) is 3. The number of anilines is 1. The summed E-state index contributed by atoms with van der Waals surface area (Å²) in [7, 11) is 0. The van der Waals surface area contributed by atoms with Gasteiger partial charge in [-0.05, 0) is 55.2 Å². The number of hydrogen-bond donors (Lipinski definition) is 0. The predicted octanol–water partition coefficient (Wildman–Crippen LogP) is 5.09. The molecule has 1 heterocycles. The lowest BCUT2D eigenvalue weighted by atomic mass is 9.77. The Labute approximate surface area is 171 Å². The lowest BCUT2D eigenvalue weighted by molar-refractivity contribution is -0.119. The van der Waals surface area contributed by atoms with Crippen molar-refractivity contribution in [2.24, 2.45) is 0 Å². The summed E-state index contributed by atoms with van der Waals surface area (Å²) in [5.74, 6) is 0.760. The number of ketones is 1. The van der Waals surface area contributed by atoms with Crippen molar-refractivity contribution in [3.05, 3.63) is 83.6 Å². The number of aryl methyl sites for hydroxylation is 1. The van der Waals surface area contributed by atoms with E-state index >= 15 is 0 Å². The fraction of sp³-hybridized carbons (Fsp3) is 0.280. The first-order valence-corrected chi connectivity index (χ1v) is 10.1. The summed E-state index contributed by atoms with van der Waals surface area (Å²) in [6.07, 6.45) is 4.08. The molecule has 1 unspecified atom stereocenters. The zero-order chi connectivity index (χ0) is 20.4. The first-order valence-electron chi connectivity index (χ1n) is 10.1. The van der Waals surface area contributed by atoms with Gasteiger partial charge in [-0.2, -0.15) is 0 Å². The molecule has 0 aromatic heterocycles. The molecule has 1 amide bonds. The molecule has 2 aromatic rings. The molecule has 0 saturated carbocycles. The second-order valence-electron chi connectivity index (χ2n) is 7.63. The van der Waals surface area contributed by atoms with Crippen molar-refractivity contribution in [2.45, 2.75) is 38.5 Å². The maximum atomic E-state index is 13.2. The molecule has 4 rings (SSSR count). The summed E-state index contributed by atoms with van der Waals surface area (Å²) in [6.45, 7) is 6.11. The van der Waals surface area contributed by atoms with E-state index in [1.165, 1.54) is 0 Å². The predicted molar refractivity (Wildman–Crippen MR) is 114 cm³/mol. The van der Waals surface area contributed by atoms with E-state index in [0.717, 1.165) is 46.7 Å². The molecule has 4 nitrogen and oxygen atoms in total. The van der Waals surface area contributed by atoms with Gasteiger partial charge in [0.1, 0.15) is 12.4 Å². The van der Waals surface area contributed by atoms with Gasteiger partial charge < -0.3 is 4.74 Å². The fourth-order valence-corrected chi connectivity index (χ4v) is 4.30. The fourth-order valence-electron chi connectivity index (χ4n) is 4.30. The van der Waals surface area contributed by atoms with Crippen LogP contribution in [0.1, 0.15) is 42.7 Å². The molecule has 0 fully saturated rings. The second-order valence-corrected chi connectivity index (χ2v) is 7.63. The Balaban J connectivity index is 1.75. The largest absolute Gasteiger partial charge is 0.490 e. The Bertz CT molecular complexity index is 987. The van der Waals surface area contributed by atoms with Gasteiger partial charge in [-0.25, -0.2) is 0 Å². The minimum atomic E-state index is -0.195. The highest BCUT2D eigenvalue weighted by molar-refractivity contribution is 6.07. The van der Waals surface area contributed by atoms with Crippen LogP contribution < -0.4 is 9.64 Å². The topological polar surface area (TPSA) is 46.6 Å². The van der Waals surface area contributed by atoms with E-state index in [1.54, 1.807) is 11.0 Å². The molecule has 0 spiro atoms. The lowest BCUT2D eigenvalue weighted by Crippen LogP contribution is -2.40. The van der Waals surface area contributed by atoms with Crippen LogP contribution in [0.15, 0.2) is 72.5 Å². The third-order valence-corrected chi connectivity index (χ3v) is 5.59. The Hall–Kier alpha value is -3.14. The van der Waals surface area contributed by atoms with Gasteiger partial charge in [-0.1, -0.05) is 36.9 Å². The third-order valence-electron chi connectivity index (χ3n) is 5.59. The maximum absolute atomic E-state index is 13.2. The van der Waals surface area contributed by atoms with Crippen molar-refractivity contribution in [1.29, 1.82) is 0 Å². The van der Waals surface area contributed by atoms with E-state index in [1.807, 2.05) is 55.5 Å². The summed E-state index contributed by atoms with van der Waals surface area (Å²) in [5, 5.41) is 0. The van der Waals surface area contributed by atoms with E-state index in [4.69, 9.17) is 4.74 Å². The number of carbonyl (C=O) groups excluding carboxylic acids is 2. The zero-order valence-corrected chi connectivity index (χ0v) is 16.7. The summed E-state index contributed by atoms with van der Waals surface area (Å²) in [5.41, 5.74) is 4.61. The van der Waals surface area contributed by atoms with E-state index < -0.39 is 0 Å². The van der Waals surface area contributed by atoms with Crippen LogP contribution in [0.3, 0.4) is 0 Å². The first-order chi connectivity index (χ1) is 14.1. The van der Waals surface area contributed by atoms with Crippen molar-refractivity contribution >= 4 is 17.4 Å². The third kappa shape index (κ3) is 3.75. The summed E-state index contributed by atoms with van der Waals surface area (Å²) in [4.78, 5) is 27.9. The normalized spacial score (nSPS) is 19.2. The molecule has 1 aliphatic carbocycles. The average molecular weight is 387 g/mol. The minimum absolute atomic E-state index is 0.0426. The number of Topliss-reactive ketones (excluding diaryl/α,β-unsaturated/α-hetero) is 1. The molecule has 29 heavy (non-hydrogen) atoms. The van der Waals surface area contributed by atoms with Crippen molar-refractivity contribution in [3.8, 4) is 5.75 Å². The van der Waals surface area contributed by atoms with Gasteiger partial charge in [0.2, 0.25) is 5.91 Å². The molecule has 0 bridgehead atoms. The molecule has 2 aromatic carbocycles. The average Bonchev–Trinajstić information content (AvgIpc) is 2.72. The van der Waals surface area contributed by atoms with Gasteiger partial charge in [0.15, 0.2) is 5.78 Å². The number of rotatable bonds is 5. The second kappa shape index (κ2) is 8.08. The Morgan fingerprint density at radius 3 is 2.66 bits per heavy atom. The quantitative estimate of drug-likeness (QED) is 0.672. The van der Waals surface area contributed by atoms with E-state index in [9.17, 15) is 9.59 Å². The molecule has 4 heteroatoms. The van der Waals surface area contributed by atoms with Crippen molar-refractivity contribution in [2.75, 3.05) is 11.5 Å². The van der Waals surface area contributed by atoms with Gasteiger partial charge >= 0.3 is 0 Å². The first kappa shape index (κ1) is 19.2. The highest BCUT2D eigenvalue weighted by Crippen LogP contribution is 2.43. The van der Waals surface area contributed by atoms with Gasteiger partial charge in [0, 0.05) is 35.7 Å². The summed E-state index contributed by atoms with van der Waals surface area (Å²) in [6, 6.07) is 15.6. The molecule has 0 N–H and O–H groups in total. The lowest BCUT2D eigenvalue weighted by Gasteiger charge is -2.38. The monoisotopic (exact) mass is 387 g/mol. The maximum Gasteiger partial charge on any atom is 0.232 e. The zero-order valence-electron chi connectivity index (χ0n) is 16.7. The number of ether oxygens (including phenoxy) is 1. The summed E-state index contributed by atoms with van der Waals surface area (Å²) < 4.78 is 5.56. The number of carbonyl (C=O) groups is 2. The van der Waals surface area contributed by atoms with E-state index in [2.05, 4.69) is 6.58 Å². The minimum Gasteiger partial charge on any atom is -0.490 e. The van der Waals surface area contributed by atoms with Crippen LogP contribution in [-0.2, 0) is 9.59 Å². The standard InChI is InChI=1S/C25H25NO3/c1-3-14-29-20-12-10-18(11-13-20)21-16-24(28)26(19-7-4-6-17(2)15-19)22-8-5-9-23(27)25(21)22/h3-4,6-7,10-13,15,21H,1,5,8-9,14,16H2,2H3. The molecular formula is C25H25NO3. The number of nitrogens with zero attached hydrogens (tertiary/aromatic N) is 1. The molecule has 0 saturated heterocycles. The number of benzene rings is 2. The smallest absolute Gasteiger partial charge is 0.232 e. The van der Waals surface area contributed by atoms with Crippen LogP contribution in [0.25, 0.3) is 0 Å². The molecule has 148 valence electrons. The number of amides is 1. The molecular weight excluding hydrogens is 362 g/mol. The van der Waals surface area contributed by atoms with Gasteiger partial charge in [-0.3, -0.25) is 14.5 Å². The molecule has 2 aliphatic rings. The van der Waals surface area contributed by atoms with Crippen LogP contribution >= 0.6 is 0 Å². The van der Waals surface area contributed by atoms with Gasteiger partial charge in [-0.15, -0.1) is 0 Å². The van der Waals surface area contributed by atoms with Crippen LogP contribution in [-0.4, -0.2) is 18.3 Å². The molecule has 1 atom stereocenters. The molecule has 0 radical (unpaired) electrons. The Morgan fingerprint density at radius 1 is 1.14 bits per heavy atom. The summed E-state index contributed by atoms with van der Waals surface area (Å²) >= 11 is 0. The highest BCUT2D eigenvalue weighted by Gasteiger charge is 2.39. The van der Waals surface area contributed by atoms with Crippen molar-refractivity contribution in [1.82, 2.24) is 0 Å². The van der Waals surface area contributed by atoms with Crippen LogP contribution in [0.2, 0.25) is 0 Å². The van der Waals surface area contributed by atoms with Crippen molar-refractivity contribution in [3.63, 3.8) is 0 Å². The van der Waals surface area contributed by atoms with Crippen molar-refractivity contribution < 1.29 is 14.3 Å². The van der Waals surface area contributed by atoms with Crippen LogP contribution in [0, 0.1) is 6.92 Å². The van der Waals surface area contributed by atoms with E-state index in [0.29, 0.717) is 19.4 Å². The Kier molecular flexibility index (Phi) is 5.34. The SMILES string of the molecule is C=CCOc1ccc(C2CC(=O)N(c3cccc(C)c3)C3=C2C(=O)CCC3)cc1. The van der Waals surface area contributed by atoms with Crippen LogP contribution in [0.5, 0.6) is 5.75 Å². The van der Waals surface area contributed by atoms with Gasteiger partial charge in [0.25, 0.3) is 0 Å². The highest BCUT2D eigenvalue weighted by atomic mass is 16.5. The van der Waals surface area contributed by atoms with E-state index in [-0.39, 0.29) is 17.6 Å². The molecule has 1 aliphatic heterocycles. The van der Waals surface area contributed by atoms with Crippen LogP contribution in [0.4, 0.5) is 5.69 Å².